The average molecular weight is 424 g/mol. The molecule has 1 aromatic heterocycles. The summed E-state index contributed by atoms with van der Waals surface area (Å²) in [5.74, 6) is 0.0262. The third-order valence-corrected chi connectivity index (χ3v) is 6.46. The number of carbonyl (C=O) groups is 1. The van der Waals surface area contributed by atoms with Crippen LogP contribution in [0.5, 0.6) is 0 Å². The molecule has 1 amide bonds. The number of anilines is 1. The minimum atomic E-state index is -0.384. The fourth-order valence-corrected chi connectivity index (χ4v) is 4.98. The van der Waals surface area contributed by atoms with Crippen LogP contribution in [0.15, 0.2) is 58.5 Å². The van der Waals surface area contributed by atoms with Crippen LogP contribution < -0.4 is 10.5 Å². The maximum absolute atomic E-state index is 13.2. The van der Waals surface area contributed by atoms with E-state index in [0.29, 0.717) is 29.2 Å². The number of hydrogen-bond acceptors (Lipinski definition) is 5. The van der Waals surface area contributed by atoms with Gasteiger partial charge in [-0.15, -0.1) is 0 Å². The molecule has 0 N–H and O–H groups in total. The zero-order valence-electron chi connectivity index (χ0n) is 17.4. The van der Waals surface area contributed by atoms with E-state index in [1.165, 1.54) is 17.3 Å². The van der Waals surface area contributed by atoms with Gasteiger partial charge in [0, 0.05) is 19.3 Å². The number of para-hydroxylation sites is 2. The van der Waals surface area contributed by atoms with Crippen molar-refractivity contribution in [2.45, 2.75) is 36.7 Å². The van der Waals surface area contributed by atoms with Gasteiger partial charge < -0.3 is 9.64 Å². The van der Waals surface area contributed by atoms with E-state index in [1.54, 1.807) is 17.7 Å². The van der Waals surface area contributed by atoms with Gasteiger partial charge in [-0.1, -0.05) is 42.1 Å². The predicted molar refractivity (Wildman–Crippen MR) is 120 cm³/mol. The maximum atomic E-state index is 13.2. The molecule has 6 nitrogen and oxygen atoms in total. The van der Waals surface area contributed by atoms with E-state index >= 15 is 0 Å². The average Bonchev–Trinajstić information content (AvgIpc) is 3.17. The van der Waals surface area contributed by atoms with Gasteiger partial charge in [0.2, 0.25) is 5.91 Å². The van der Waals surface area contributed by atoms with Crippen molar-refractivity contribution >= 4 is 34.3 Å². The Balaban J connectivity index is 1.68. The third-order valence-electron chi connectivity index (χ3n) is 5.41. The lowest BCUT2D eigenvalue weighted by Gasteiger charge is -2.23. The largest absolute Gasteiger partial charge is 0.383 e. The maximum Gasteiger partial charge on any atom is 0.262 e. The first-order chi connectivity index (χ1) is 14.5. The van der Waals surface area contributed by atoms with Crippen molar-refractivity contribution in [2.24, 2.45) is 0 Å². The van der Waals surface area contributed by atoms with Crippen molar-refractivity contribution in [3.63, 3.8) is 0 Å². The summed E-state index contributed by atoms with van der Waals surface area (Å²) in [5, 5.41) is 0.721. The van der Waals surface area contributed by atoms with Gasteiger partial charge in [0.25, 0.3) is 5.56 Å². The lowest BCUT2D eigenvalue weighted by molar-refractivity contribution is -0.117. The van der Waals surface area contributed by atoms with Gasteiger partial charge in [0.15, 0.2) is 5.16 Å². The molecule has 2 atom stereocenters. The van der Waals surface area contributed by atoms with Crippen molar-refractivity contribution < 1.29 is 9.53 Å². The Bertz CT molecular complexity index is 1140. The van der Waals surface area contributed by atoms with Gasteiger partial charge in [-0.25, -0.2) is 4.98 Å². The first-order valence-corrected chi connectivity index (χ1v) is 11.0. The van der Waals surface area contributed by atoms with E-state index < -0.39 is 0 Å². The zero-order valence-corrected chi connectivity index (χ0v) is 18.2. The molecule has 0 fully saturated rings. The van der Waals surface area contributed by atoms with Crippen molar-refractivity contribution in [3.8, 4) is 0 Å². The highest BCUT2D eigenvalue weighted by molar-refractivity contribution is 8.00. The van der Waals surface area contributed by atoms with E-state index in [0.717, 1.165) is 12.1 Å². The van der Waals surface area contributed by atoms with Crippen LogP contribution in [0, 0.1) is 0 Å². The van der Waals surface area contributed by atoms with E-state index in [2.05, 4.69) is 6.07 Å². The standard InChI is InChI=1S/C23H25N3O3S/c1-15(14-29-3)26-22(28)18-9-5-6-10-19(18)24-23(26)30-16(2)21(27)25-13-12-17-8-4-7-11-20(17)25/h4-11,15-16H,12-14H2,1-3H3/t15-,16-/m0/s1. The molecule has 0 saturated heterocycles. The van der Waals surface area contributed by atoms with Gasteiger partial charge >= 0.3 is 0 Å². The van der Waals surface area contributed by atoms with Gasteiger partial charge in [0.1, 0.15) is 0 Å². The van der Waals surface area contributed by atoms with Crippen LogP contribution in [-0.2, 0) is 16.0 Å². The lowest BCUT2D eigenvalue weighted by Crippen LogP contribution is -2.36. The first-order valence-electron chi connectivity index (χ1n) is 10.1. The summed E-state index contributed by atoms with van der Waals surface area (Å²) in [6.45, 7) is 4.87. The number of ether oxygens (including phenoxy) is 1. The molecule has 0 radical (unpaired) electrons. The van der Waals surface area contributed by atoms with Crippen molar-refractivity contribution in [1.82, 2.24) is 9.55 Å². The van der Waals surface area contributed by atoms with Crippen LogP contribution in [0.3, 0.4) is 0 Å². The van der Waals surface area contributed by atoms with E-state index in [9.17, 15) is 9.59 Å². The van der Waals surface area contributed by atoms with Crippen LogP contribution >= 0.6 is 11.8 Å². The Hall–Kier alpha value is -2.64. The van der Waals surface area contributed by atoms with Crippen molar-refractivity contribution in [2.75, 3.05) is 25.2 Å². The third kappa shape index (κ3) is 3.75. The second kappa shape index (κ2) is 8.62. The van der Waals surface area contributed by atoms with Crippen LogP contribution in [0.25, 0.3) is 10.9 Å². The molecule has 7 heteroatoms. The minimum absolute atomic E-state index is 0.0262. The van der Waals surface area contributed by atoms with Gasteiger partial charge in [0.05, 0.1) is 28.8 Å². The number of fused-ring (bicyclic) bond motifs is 2. The molecule has 0 unspecified atom stereocenters. The number of hydrogen-bond donors (Lipinski definition) is 0. The SMILES string of the molecule is COC[C@H](C)n1c(S[C@@H](C)C(=O)N2CCc3ccccc32)nc2ccccc2c1=O. The number of nitrogens with zero attached hydrogens (tertiary/aromatic N) is 3. The Morgan fingerprint density at radius 2 is 1.90 bits per heavy atom. The minimum Gasteiger partial charge on any atom is -0.383 e. The lowest BCUT2D eigenvalue weighted by atomic mass is 10.2. The molecular formula is C23H25N3O3S. The number of carbonyl (C=O) groups excluding carboxylic acids is 1. The molecule has 1 aliphatic rings. The van der Waals surface area contributed by atoms with Crippen molar-refractivity contribution in [1.29, 1.82) is 0 Å². The summed E-state index contributed by atoms with van der Waals surface area (Å²) in [6.07, 6.45) is 0.864. The fourth-order valence-electron chi connectivity index (χ4n) is 3.91. The number of benzene rings is 2. The summed E-state index contributed by atoms with van der Waals surface area (Å²) in [4.78, 5) is 33.0. The number of amides is 1. The van der Waals surface area contributed by atoms with E-state index in [4.69, 9.17) is 9.72 Å². The second-order valence-corrected chi connectivity index (χ2v) is 8.83. The summed E-state index contributed by atoms with van der Waals surface area (Å²) >= 11 is 1.33. The smallest absolute Gasteiger partial charge is 0.262 e. The number of aromatic nitrogens is 2. The van der Waals surface area contributed by atoms with Gasteiger partial charge in [-0.05, 0) is 44.0 Å². The first kappa shape index (κ1) is 20.6. The summed E-state index contributed by atoms with van der Waals surface area (Å²) in [6, 6.07) is 15.1. The number of thioether (sulfide) groups is 1. The molecule has 0 spiro atoms. The summed E-state index contributed by atoms with van der Waals surface area (Å²) < 4.78 is 6.93. The highest BCUT2D eigenvalue weighted by Crippen LogP contribution is 2.32. The predicted octanol–water partition coefficient (Wildman–Crippen LogP) is 3.67. The monoisotopic (exact) mass is 423 g/mol. The molecule has 0 bridgehead atoms. The summed E-state index contributed by atoms with van der Waals surface area (Å²) in [5.41, 5.74) is 2.69. The zero-order chi connectivity index (χ0) is 21.3. The van der Waals surface area contributed by atoms with E-state index in [1.807, 2.05) is 55.1 Å². The van der Waals surface area contributed by atoms with Crippen LogP contribution in [0.2, 0.25) is 0 Å². The van der Waals surface area contributed by atoms with Crippen LogP contribution in [-0.4, -0.2) is 41.0 Å². The number of rotatable bonds is 6. The summed E-state index contributed by atoms with van der Waals surface area (Å²) in [7, 11) is 1.61. The van der Waals surface area contributed by atoms with Gasteiger partial charge in [-0.3, -0.25) is 14.2 Å². The van der Waals surface area contributed by atoms with Gasteiger partial charge in [-0.2, -0.15) is 0 Å². The van der Waals surface area contributed by atoms with Crippen LogP contribution in [0.4, 0.5) is 5.69 Å². The molecule has 3 aromatic rings. The molecule has 4 rings (SSSR count). The Labute approximate surface area is 179 Å². The quantitative estimate of drug-likeness (QED) is 0.447. The number of methoxy groups -OCH3 is 1. The Morgan fingerprint density at radius 1 is 1.17 bits per heavy atom. The molecule has 1 aliphatic heterocycles. The normalized spacial score (nSPS) is 15.2. The molecule has 156 valence electrons. The van der Waals surface area contributed by atoms with Crippen molar-refractivity contribution in [3.05, 3.63) is 64.4 Å². The molecule has 0 saturated carbocycles. The second-order valence-electron chi connectivity index (χ2n) is 7.52. The Kier molecular flexibility index (Phi) is 5.92. The highest BCUT2D eigenvalue weighted by Gasteiger charge is 2.29. The Morgan fingerprint density at radius 3 is 2.70 bits per heavy atom. The molecule has 30 heavy (non-hydrogen) atoms. The van der Waals surface area contributed by atoms with Crippen LogP contribution in [0.1, 0.15) is 25.5 Å². The topological polar surface area (TPSA) is 64.4 Å². The molecule has 2 aromatic carbocycles. The fraction of sp³-hybridized carbons (Fsp3) is 0.348. The molecular weight excluding hydrogens is 398 g/mol. The molecule has 2 heterocycles. The highest BCUT2D eigenvalue weighted by atomic mass is 32.2. The van der Waals surface area contributed by atoms with E-state index in [-0.39, 0.29) is 22.8 Å². The molecule has 0 aliphatic carbocycles.